The lowest BCUT2D eigenvalue weighted by atomic mass is 9.74. The largest absolute Gasteiger partial charge is 0.390 e. The van der Waals surface area contributed by atoms with Crippen molar-refractivity contribution in [3.8, 4) is 0 Å². The number of amides is 2. The summed E-state index contributed by atoms with van der Waals surface area (Å²) in [5.74, 6) is -0.161. The maximum atomic E-state index is 13.7. The predicted octanol–water partition coefficient (Wildman–Crippen LogP) is 6.58. The summed E-state index contributed by atoms with van der Waals surface area (Å²) in [6.45, 7) is 12.2. The minimum absolute atomic E-state index is 0.0293. The molecule has 3 aromatic rings. The number of rotatable bonds is 14. The van der Waals surface area contributed by atoms with Gasteiger partial charge in [0.1, 0.15) is 5.78 Å². The molecule has 1 aliphatic carbocycles. The van der Waals surface area contributed by atoms with Crippen LogP contribution in [0.4, 0.5) is 0 Å². The Balaban J connectivity index is 1.56. The van der Waals surface area contributed by atoms with Crippen LogP contribution in [0.25, 0.3) is 0 Å². The van der Waals surface area contributed by atoms with Gasteiger partial charge in [0, 0.05) is 49.1 Å². The highest BCUT2D eigenvalue weighted by Crippen LogP contribution is 2.38. The molecular formula is C40H53N3O4. The average molecular weight is 640 g/mol. The minimum atomic E-state index is -0.922. The van der Waals surface area contributed by atoms with Crippen molar-refractivity contribution in [2.24, 2.45) is 0 Å². The van der Waals surface area contributed by atoms with E-state index in [9.17, 15) is 19.5 Å². The van der Waals surface area contributed by atoms with Crippen LogP contribution < -0.4 is 10.6 Å². The SMILES string of the molecule is CCCN(CCC)C(=O)c1cccc(C(=O)N[C@@H](Cc2ccccc2)[C@H](O)CNC2(c3cccc(C(C)(C)C)c3)CCC(=O)CC2)c1. The van der Waals surface area contributed by atoms with E-state index in [1.807, 2.05) is 49.1 Å². The van der Waals surface area contributed by atoms with Gasteiger partial charge in [0.2, 0.25) is 0 Å². The summed E-state index contributed by atoms with van der Waals surface area (Å²) >= 11 is 0. The van der Waals surface area contributed by atoms with E-state index in [2.05, 4.69) is 55.7 Å². The Bertz CT molecular complexity index is 1480. The number of ketones is 1. The van der Waals surface area contributed by atoms with E-state index in [0.29, 0.717) is 56.3 Å². The Morgan fingerprint density at radius 1 is 0.872 bits per heavy atom. The zero-order chi connectivity index (χ0) is 34.0. The van der Waals surface area contributed by atoms with Gasteiger partial charge in [-0.1, -0.05) is 95.3 Å². The number of aliphatic hydroxyl groups excluding tert-OH is 1. The molecule has 1 aliphatic rings. The Morgan fingerprint density at radius 3 is 2.15 bits per heavy atom. The van der Waals surface area contributed by atoms with Gasteiger partial charge >= 0.3 is 0 Å². The molecule has 2 amide bonds. The molecule has 2 atom stereocenters. The number of Topliss-reactive ketones (excluding diaryl/α,β-unsaturated/α-hetero) is 1. The van der Waals surface area contributed by atoms with Crippen LogP contribution in [0.1, 0.15) is 111 Å². The third kappa shape index (κ3) is 9.61. The number of aliphatic hydroxyl groups is 1. The summed E-state index contributed by atoms with van der Waals surface area (Å²) in [7, 11) is 0. The second kappa shape index (κ2) is 16.3. The lowest BCUT2D eigenvalue weighted by Crippen LogP contribution is -2.53. The first-order valence-corrected chi connectivity index (χ1v) is 17.3. The normalized spacial score (nSPS) is 15.9. The average Bonchev–Trinajstić information content (AvgIpc) is 3.07. The van der Waals surface area contributed by atoms with Crippen LogP contribution in [-0.4, -0.2) is 59.4 Å². The molecule has 0 bridgehead atoms. The van der Waals surface area contributed by atoms with Crippen LogP contribution in [0, 0.1) is 0 Å². The van der Waals surface area contributed by atoms with Crippen molar-refractivity contribution in [1.29, 1.82) is 0 Å². The van der Waals surface area contributed by atoms with E-state index in [4.69, 9.17) is 0 Å². The number of hydrogen-bond donors (Lipinski definition) is 3. The van der Waals surface area contributed by atoms with Crippen molar-refractivity contribution in [1.82, 2.24) is 15.5 Å². The number of hydrogen-bond acceptors (Lipinski definition) is 5. The van der Waals surface area contributed by atoms with Gasteiger partial charge in [-0.2, -0.15) is 0 Å². The maximum absolute atomic E-state index is 13.7. The molecule has 47 heavy (non-hydrogen) atoms. The monoisotopic (exact) mass is 639 g/mol. The first kappa shape index (κ1) is 36.0. The van der Waals surface area contributed by atoms with E-state index in [1.165, 1.54) is 5.56 Å². The van der Waals surface area contributed by atoms with E-state index < -0.39 is 17.7 Å². The van der Waals surface area contributed by atoms with Crippen LogP contribution >= 0.6 is 0 Å². The van der Waals surface area contributed by atoms with Crippen molar-refractivity contribution >= 4 is 17.6 Å². The highest BCUT2D eigenvalue weighted by Gasteiger charge is 2.38. The third-order valence-corrected chi connectivity index (χ3v) is 9.32. The van der Waals surface area contributed by atoms with Gasteiger partial charge in [0.15, 0.2) is 0 Å². The first-order valence-electron chi connectivity index (χ1n) is 17.3. The molecule has 0 aromatic heterocycles. The van der Waals surface area contributed by atoms with Crippen LogP contribution in [0.3, 0.4) is 0 Å². The summed E-state index contributed by atoms with van der Waals surface area (Å²) in [6, 6.07) is 24.6. The molecule has 0 unspecified atom stereocenters. The summed E-state index contributed by atoms with van der Waals surface area (Å²) in [6.07, 6.45) is 3.49. The molecule has 1 saturated carbocycles. The molecule has 7 nitrogen and oxygen atoms in total. The van der Waals surface area contributed by atoms with Gasteiger partial charge in [-0.05, 0) is 72.4 Å². The lowest BCUT2D eigenvalue weighted by Gasteiger charge is -2.40. The summed E-state index contributed by atoms with van der Waals surface area (Å²) in [5.41, 5.74) is 3.70. The molecule has 4 rings (SSSR count). The van der Waals surface area contributed by atoms with E-state index in [0.717, 1.165) is 24.0 Å². The van der Waals surface area contributed by atoms with Crippen LogP contribution in [-0.2, 0) is 22.2 Å². The molecule has 0 radical (unpaired) electrons. The molecule has 0 aliphatic heterocycles. The van der Waals surface area contributed by atoms with Crippen molar-refractivity contribution in [2.75, 3.05) is 19.6 Å². The Morgan fingerprint density at radius 2 is 1.51 bits per heavy atom. The van der Waals surface area contributed by atoms with E-state index in [1.54, 1.807) is 24.3 Å². The van der Waals surface area contributed by atoms with E-state index in [-0.39, 0.29) is 29.6 Å². The molecule has 1 fully saturated rings. The van der Waals surface area contributed by atoms with E-state index >= 15 is 0 Å². The van der Waals surface area contributed by atoms with Gasteiger partial charge in [0.05, 0.1) is 12.1 Å². The number of benzene rings is 3. The quantitative estimate of drug-likeness (QED) is 0.185. The standard InChI is InChI=1S/C40H53N3O4/c1-6-23-43(24-7-2)38(47)31-16-11-15-30(26-31)37(46)42-35(25-29-13-9-8-10-14-29)36(45)28-41-40(21-19-34(44)20-22-40)33-18-12-17-32(27-33)39(3,4)5/h8-18,26-27,35-36,41,45H,6-7,19-25,28H2,1-5H3,(H,42,46)/t35-,36+/m0/s1. The number of nitrogens with one attached hydrogen (secondary N) is 2. The summed E-state index contributed by atoms with van der Waals surface area (Å²) in [5, 5.41) is 18.5. The fraction of sp³-hybridized carbons (Fsp3) is 0.475. The van der Waals surface area contributed by atoms with Crippen molar-refractivity contribution in [2.45, 2.75) is 103 Å². The Labute approximate surface area is 281 Å². The van der Waals surface area contributed by atoms with Gasteiger partial charge < -0.3 is 20.6 Å². The number of carbonyl (C=O) groups excluding carboxylic acids is 3. The first-order chi connectivity index (χ1) is 22.5. The van der Waals surface area contributed by atoms with Crippen LogP contribution in [0.5, 0.6) is 0 Å². The lowest BCUT2D eigenvalue weighted by molar-refractivity contribution is -0.121. The second-order valence-electron chi connectivity index (χ2n) is 14.0. The van der Waals surface area contributed by atoms with Crippen LogP contribution in [0.15, 0.2) is 78.9 Å². The molecule has 3 N–H and O–H groups in total. The molecule has 0 saturated heterocycles. The smallest absolute Gasteiger partial charge is 0.253 e. The number of nitrogens with zero attached hydrogens (tertiary/aromatic N) is 1. The van der Waals surface area contributed by atoms with Gasteiger partial charge in [-0.15, -0.1) is 0 Å². The maximum Gasteiger partial charge on any atom is 0.253 e. The molecule has 0 spiro atoms. The second-order valence-corrected chi connectivity index (χ2v) is 14.0. The van der Waals surface area contributed by atoms with Gasteiger partial charge in [0.25, 0.3) is 11.8 Å². The minimum Gasteiger partial charge on any atom is -0.390 e. The predicted molar refractivity (Wildman–Crippen MR) is 189 cm³/mol. The molecule has 3 aromatic carbocycles. The highest BCUT2D eigenvalue weighted by molar-refractivity contribution is 5.99. The van der Waals surface area contributed by atoms with Gasteiger partial charge in [-0.3, -0.25) is 14.4 Å². The van der Waals surface area contributed by atoms with Crippen molar-refractivity contribution in [3.63, 3.8) is 0 Å². The topological polar surface area (TPSA) is 98.7 Å². The molecule has 7 heteroatoms. The molecule has 0 heterocycles. The van der Waals surface area contributed by atoms with Crippen LogP contribution in [0.2, 0.25) is 0 Å². The van der Waals surface area contributed by atoms with Crippen molar-refractivity contribution in [3.05, 3.63) is 107 Å². The zero-order valence-electron chi connectivity index (χ0n) is 28.9. The Kier molecular flexibility index (Phi) is 12.5. The highest BCUT2D eigenvalue weighted by atomic mass is 16.3. The fourth-order valence-corrected chi connectivity index (χ4v) is 6.48. The Hall–Kier alpha value is -3.81. The van der Waals surface area contributed by atoms with Crippen molar-refractivity contribution < 1.29 is 19.5 Å². The molecule has 252 valence electrons. The number of carbonyl (C=O) groups is 3. The fourth-order valence-electron chi connectivity index (χ4n) is 6.48. The third-order valence-electron chi connectivity index (χ3n) is 9.32. The summed E-state index contributed by atoms with van der Waals surface area (Å²) in [4.78, 5) is 41.1. The zero-order valence-corrected chi connectivity index (χ0v) is 28.9. The molecular weight excluding hydrogens is 586 g/mol. The van der Waals surface area contributed by atoms with Gasteiger partial charge in [-0.25, -0.2) is 0 Å². The summed E-state index contributed by atoms with van der Waals surface area (Å²) < 4.78 is 0.